The average molecular weight is 304 g/mol. The fraction of sp³-hybridized carbons (Fsp3) is 0.353. The fourth-order valence-electron chi connectivity index (χ4n) is 2.38. The Kier molecular flexibility index (Phi) is 5.12. The van der Waals surface area contributed by atoms with Crippen LogP contribution in [0.3, 0.4) is 0 Å². The highest BCUT2D eigenvalue weighted by molar-refractivity contribution is 7.99. The Morgan fingerprint density at radius 3 is 2.67 bits per heavy atom. The fourth-order valence-corrected chi connectivity index (χ4v) is 3.19. The molecule has 0 atom stereocenters. The predicted molar refractivity (Wildman–Crippen MR) is 86.4 cm³/mol. The number of Topliss-reactive ketones (excluding diaryl/α,β-unsaturated/α-hetero) is 1. The van der Waals surface area contributed by atoms with Crippen molar-refractivity contribution in [2.75, 3.05) is 12.9 Å². The third-order valence-electron chi connectivity index (χ3n) is 3.59. The van der Waals surface area contributed by atoms with Crippen LogP contribution in [-0.2, 0) is 5.75 Å². The molecule has 0 aliphatic carbocycles. The second kappa shape index (κ2) is 6.85. The van der Waals surface area contributed by atoms with Crippen LogP contribution in [0.5, 0.6) is 5.75 Å². The van der Waals surface area contributed by atoms with Crippen LogP contribution in [0.15, 0.2) is 28.9 Å². The van der Waals surface area contributed by atoms with Crippen molar-refractivity contribution in [2.45, 2.75) is 26.5 Å². The van der Waals surface area contributed by atoms with E-state index in [1.807, 2.05) is 39.0 Å². The van der Waals surface area contributed by atoms with Crippen LogP contribution in [0.25, 0.3) is 0 Å². The molecule has 2 aromatic rings. The molecule has 0 radical (unpaired) electrons. The molecule has 0 spiro atoms. The number of thioether (sulfide) groups is 1. The van der Waals surface area contributed by atoms with Crippen LogP contribution in [0, 0.1) is 20.8 Å². The summed E-state index contributed by atoms with van der Waals surface area (Å²) in [4.78, 5) is 12.4. The maximum atomic E-state index is 12.4. The summed E-state index contributed by atoms with van der Waals surface area (Å²) < 4.78 is 10.7. The molecule has 0 amide bonds. The summed E-state index contributed by atoms with van der Waals surface area (Å²) in [6.07, 6.45) is 1.65. The van der Waals surface area contributed by atoms with E-state index in [9.17, 15) is 4.79 Å². The van der Waals surface area contributed by atoms with E-state index in [1.54, 1.807) is 25.1 Å². The quantitative estimate of drug-likeness (QED) is 0.745. The molecule has 1 aromatic carbocycles. The Labute approximate surface area is 129 Å². The Bertz CT molecular complexity index is 630. The van der Waals surface area contributed by atoms with Gasteiger partial charge in [-0.15, -0.1) is 11.8 Å². The van der Waals surface area contributed by atoms with Crippen LogP contribution in [-0.4, -0.2) is 18.6 Å². The first-order valence-corrected chi connectivity index (χ1v) is 7.98. The molecule has 112 valence electrons. The van der Waals surface area contributed by atoms with Crippen molar-refractivity contribution in [3.63, 3.8) is 0 Å². The second-order valence-corrected chi connectivity index (χ2v) is 6.01. The van der Waals surface area contributed by atoms with E-state index in [4.69, 9.17) is 9.15 Å². The number of rotatable bonds is 6. The summed E-state index contributed by atoms with van der Waals surface area (Å²) >= 11 is 1.57. The van der Waals surface area contributed by atoms with E-state index in [0.717, 1.165) is 33.8 Å². The van der Waals surface area contributed by atoms with Gasteiger partial charge >= 0.3 is 0 Å². The topological polar surface area (TPSA) is 39.4 Å². The van der Waals surface area contributed by atoms with Gasteiger partial charge in [-0.1, -0.05) is 0 Å². The van der Waals surface area contributed by atoms with Gasteiger partial charge in [-0.3, -0.25) is 4.79 Å². The first kappa shape index (κ1) is 15.7. The van der Waals surface area contributed by atoms with Gasteiger partial charge < -0.3 is 9.15 Å². The lowest BCUT2D eigenvalue weighted by Crippen LogP contribution is -2.08. The molecular formula is C17H20O3S. The lowest BCUT2D eigenvalue weighted by Gasteiger charge is -2.14. The van der Waals surface area contributed by atoms with Gasteiger partial charge in [0.15, 0.2) is 5.78 Å². The van der Waals surface area contributed by atoms with E-state index < -0.39 is 0 Å². The highest BCUT2D eigenvalue weighted by Gasteiger charge is 2.16. The van der Waals surface area contributed by atoms with Gasteiger partial charge in [0.1, 0.15) is 11.5 Å². The predicted octanol–water partition coefficient (Wildman–Crippen LogP) is 4.33. The van der Waals surface area contributed by atoms with Crippen molar-refractivity contribution >= 4 is 17.5 Å². The summed E-state index contributed by atoms with van der Waals surface area (Å²) in [6, 6.07) is 5.71. The molecule has 0 fully saturated rings. The van der Waals surface area contributed by atoms with Crippen molar-refractivity contribution in [2.24, 2.45) is 0 Å². The first-order valence-electron chi connectivity index (χ1n) is 6.82. The minimum atomic E-state index is 0.151. The number of methoxy groups -OCH3 is 1. The summed E-state index contributed by atoms with van der Waals surface area (Å²) in [6.45, 7) is 5.94. The minimum absolute atomic E-state index is 0.151. The van der Waals surface area contributed by atoms with Gasteiger partial charge in [0.25, 0.3) is 0 Å². The van der Waals surface area contributed by atoms with Crippen LogP contribution < -0.4 is 4.74 Å². The largest absolute Gasteiger partial charge is 0.496 e. The van der Waals surface area contributed by atoms with Crippen molar-refractivity contribution in [1.29, 1.82) is 0 Å². The summed E-state index contributed by atoms with van der Waals surface area (Å²) in [7, 11) is 1.66. The van der Waals surface area contributed by atoms with Gasteiger partial charge in [0.2, 0.25) is 0 Å². The van der Waals surface area contributed by atoms with E-state index >= 15 is 0 Å². The summed E-state index contributed by atoms with van der Waals surface area (Å²) in [5, 5.41) is 0. The highest BCUT2D eigenvalue weighted by atomic mass is 32.2. The van der Waals surface area contributed by atoms with Crippen LogP contribution in [0.1, 0.15) is 32.8 Å². The van der Waals surface area contributed by atoms with Crippen molar-refractivity contribution in [3.05, 3.63) is 52.5 Å². The van der Waals surface area contributed by atoms with E-state index in [2.05, 4.69) is 0 Å². The molecule has 0 unspecified atom stereocenters. The van der Waals surface area contributed by atoms with Gasteiger partial charge in [0.05, 0.1) is 24.9 Å². The number of hydrogen-bond acceptors (Lipinski definition) is 4. The molecule has 0 N–H and O–H groups in total. The zero-order valence-electron chi connectivity index (χ0n) is 12.9. The number of ether oxygens (including phenoxy) is 1. The lowest BCUT2D eigenvalue weighted by molar-refractivity contribution is 0.102. The lowest BCUT2D eigenvalue weighted by atomic mass is 9.96. The monoisotopic (exact) mass is 304 g/mol. The zero-order valence-corrected chi connectivity index (χ0v) is 13.7. The molecule has 0 aliphatic heterocycles. The highest BCUT2D eigenvalue weighted by Crippen LogP contribution is 2.29. The number of carbonyl (C=O) groups is 1. The van der Waals surface area contributed by atoms with Gasteiger partial charge in [-0.25, -0.2) is 0 Å². The molecule has 0 saturated heterocycles. The maximum Gasteiger partial charge on any atom is 0.173 e. The summed E-state index contributed by atoms with van der Waals surface area (Å²) in [5.41, 5.74) is 3.83. The number of ketones is 1. The smallest absolute Gasteiger partial charge is 0.173 e. The Morgan fingerprint density at radius 1 is 1.29 bits per heavy atom. The Balaban J connectivity index is 2.08. The molecule has 0 bridgehead atoms. The molecule has 4 heteroatoms. The van der Waals surface area contributed by atoms with Crippen molar-refractivity contribution in [1.82, 2.24) is 0 Å². The SMILES string of the molecule is COc1c(C)cc(C(=O)CSCc2ccco2)c(C)c1C. The molecule has 3 nitrogen and oxygen atoms in total. The van der Waals surface area contributed by atoms with Crippen LogP contribution >= 0.6 is 11.8 Å². The Morgan fingerprint density at radius 2 is 2.05 bits per heavy atom. The number of carbonyl (C=O) groups excluding carboxylic acids is 1. The molecule has 21 heavy (non-hydrogen) atoms. The molecular weight excluding hydrogens is 284 g/mol. The van der Waals surface area contributed by atoms with Crippen LogP contribution in [0.2, 0.25) is 0 Å². The second-order valence-electron chi connectivity index (χ2n) is 5.02. The minimum Gasteiger partial charge on any atom is -0.496 e. The molecule has 1 aromatic heterocycles. The molecule has 0 aliphatic rings. The third kappa shape index (κ3) is 3.50. The van der Waals surface area contributed by atoms with Crippen molar-refractivity contribution in [3.8, 4) is 5.75 Å². The standard InChI is InChI=1S/C17H20O3S/c1-11-8-15(12(2)13(3)17(11)19-4)16(18)10-21-9-14-6-5-7-20-14/h5-8H,9-10H2,1-4H3. The normalized spacial score (nSPS) is 10.7. The summed E-state index contributed by atoms with van der Waals surface area (Å²) in [5.74, 6) is 3.08. The third-order valence-corrected chi connectivity index (χ3v) is 4.54. The number of furan rings is 1. The van der Waals surface area contributed by atoms with E-state index in [-0.39, 0.29) is 5.78 Å². The number of aryl methyl sites for hydroxylation is 1. The molecule has 0 saturated carbocycles. The number of benzene rings is 1. The van der Waals surface area contributed by atoms with E-state index in [1.165, 1.54) is 0 Å². The maximum absolute atomic E-state index is 12.4. The molecule has 2 rings (SSSR count). The van der Waals surface area contributed by atoms with Gasteiger partial charge in [-0.05, 0) is 55.7 Å². The van der Waals surface area contributed by atoms with Crippen LogP contribution in [0.4, 0.5) is 0 Å². The van der Waals surface area contributed by atoms with Crippen molar-refractivity contribution < 1.29 is 13.9 Å². The number of hydrogen-bond donors (Lipinski definition) is 0. The zero-order chi connectivity index (χ0) is 15.4. The Hall–Kier alpha value is -1.68. The average Bonchev–Trinajstić information content (AvgIpc) is 2.96. The molecule has 1 heterocycles. The first-order chi connectivity index (χ1) is 10.0. The van der Waals surface area contributed by atoms with E-state index in [0.29, 0.717) is 11.5 Å². The van der Waals surface area contributed by atoms with Gasteiger partial charge in [-0.2, -0.15) is 0 Å². The van der Waals surface area contributed by atoms with Gasteiger partial charge in [0, 0.05) is 5.56 Å².